The highest BCUT2D eigenvalue weighted by molar-refractivity contribution is 8.18. The molecule has 1 N–H and O–H groups in total. The van der Waals surface area contributed by atoms with E-state index in [-0.39, 0.29) is 10.5 Å². The molecule has 2 aliphatic rings. The minimum absolute atomic E-state index is 0.0978. The molecule has 0 spiro atoms. The summed E-state index contributed by atoms with van der Waals surface area (Å²) in [4.78, 5) is 33.3. The largest absolute Gasteiger partial charge is 0.378 e. The standard InChI is InChI=1S/C12H11ClN4O3S/c13-11-14-7(5-8-10(18)16-12(19)21-8)6-9(15-11)17-1-3-20-4-2-17/h5-6H,1-4H2,(H,16,18,19). The minimum atomic E-state index is -0.423. The van der Waals surface area contributed by atoms with Crippen molar-refractivity contribution < 1.29 is 14.3 Å². The maximum absolute atomic E-state index is 11.5. The molecule has 2 saturated heterocycles. The molecule has 3 rings (SSSR count). The highest BCUT2D eigenvalue weighted by Crippen LogP contribution is 2.26. The highest BCUT2D eigenvalue weighted by atomic mass is 35.5. The summed E-state index contributed by atoms with van der Waals surface area (Å²) in [6.45, 7) is 2.70. The van der Waals surface area contributed by atoms with E-state index >= 15 is 0 Å². The van der Waals surface area contributed by atoms with Gasteiger partial charge in [-0.1, -0.05) is 0 Å². The third-order valence-corrected chi connectivity index (χ3v) is 3.94. The van der Waals surface area contributed by atoms with Crippen LogP contribution in [0.2, 0.25) is 5.28 Å². The molecule has 7 nitrogen and oxygen atoms in total. The van der Waals surface area contributed by atoms with E-state index in [4.69, 9.17) is 16.3 Å². The molecule has 1 aromatic heterocycles. The van der Waals surface area contributed by atoms with Gasteiger partial charge in [-0.05, 0) is 29.4 Å². The molecule has 110 valence electrons. The molecule has 21 heavy (non-hydrogen) atoms. The van der Waals surface area contributed by atoms with Crippen molar-refractivity contribution in [3.63, 3.8) is 0 Å². The zero-order valence-electron chi connectivity index (χ0n) is 10.8. The van der Waals surface area contributed by atoms with Gasteiger partial charge >= 0.3 is 0 Å². The number of nitrogens with one attached hydrogen (secondary N) is 1. The van der Waals surface area contributed by atoms with Crippen LogP contribution >= 0.6 is 23.4 Å². The molecule has 2 aliphatic heterocycles. The van der Waals surface area contributed by atoms with E-state index in [2.05, 4.69) is 15.3 Å². The van der Waals surface area contributed by atoms with Crippen LogP contribution in [0.5, 0.6) is 0 Å². The maximum Gasteiger partial charge on any atom is 0.290 e. The Labute approximate surface area is 129 Å². The zero-order chi connectivity index (χ0) is 14.8. The maximum atomic E-state index is 11.5. The predicted molar refractivity (Wildman–Crippen MR) is 79.2 cm³/mol. The first kappa shape index (κ1) is 14.3. The number of morpholine rings is 1. The normalized spacial score (nSPS) is 21.0. The quantitative estimate of drug-likeness (QED) is 0.647. The first-order valence-electron chi connectivity index (χ1n) is 6.24. The number of imide groups is 1. The van der Waals surface area contributed by atoms with Crippen LogP contribution in [0.1, 0.15) is 5.69 Å². The van der Waals surface area contributed by atoms with Crippen LogP contribution < -0.4 is 10.2 Å². The van der Waals surface area contributed by atoms with Crippen molar-refractivity contribution in [3.05, 3.63) is 21.9 Å². The van der Waals surface area contributed by atoms with Crippen LogP contribution in [0.25, 0.3) is 6.08 Å². The molecule has 3 heterocycles. The monoisotopic (exact) mass is 326 g/mol. The number of hydrogen-bond donors (Lipinski definition) is 1. The van der Waals surface area contributed by atoms with Crippen molar-refractivity contribution in [1.29, 1.82) is 0 Å². The molecule has 2 fully saturated rings. The second-order valence-electron chi connectivity index (χ2n) is 4.37. The van der Waals surface area contributed by atoms with E-state index in [1.165, 1.54) is 6.08 Å². The fourth-order valence-electron chi connectivity index (χ4n) is 2.01. The van der Waals surface area contributed by atoms with Crippen molar-refractivity contribution >= 4 is 46.4 Å². The van der Waals surface area contributed by atoms with E-state index in [1.54, 1.807) is 6.07 Å². The number of anilines is 1. The van der Waals surface area contributed by atoms with Crippen LogP contribution in [0.3, 0.4) is 0 Å². The Balaban J connectivity index is 1.89. The van der Waals surface area contributed by atoms with Crippen LogP contribution in [0.15, 0.2) is 11.0 Å². The van der Waals surface area contributed by atoms with Crippen molar-refractivity contribution in [2.24, 2.45) is 0 Å². The van der Waals surface area contributed by atoms with E-state index in [0.717, 1.165) is 24.9 Å². The molecular weight excluding hydrogens is 316 g/mol. The summed E-state index contributed by atoms with van der Waals surface area (Å²) >= 11 is 6.78. The van der Waals surface area contributed by atoms with Gasteiger partial charge in [-0.25, -0.2) is 9.97 Å². The van der Waals surface area contributed by atoms with Crippen LogP contribution in [0, 0.1) is 0 Å². The zero-order valence-corrected chi connectivity index (χ0v) is 12.4. The number of aromatic nitrogens is 2. The average molecular weight is 327 g/mol. The number of hydrogen-bond acceptors (Lipinski definition) is 7. The lowest BCUT2D eigenvalue weighted by atomic mass is 10.3. The predicted octanol–water partition coefficient (Wildman–Crippen LogP) is 1.29. The lowest BCUT2D eigenvalue weighted by Crippen LogP contribution is -2.36. The molecular formula is C12H11ClN4O3S. The van der Waals surface area contributed by atoms with E-state index in [9.17, 15) is 9.59 Å². The molecule has 0 atom stereocenters. The number of amides is 2. The number of nitrogens with zero attached hydrogens (tertiary/aromatic N) is 3. The van der Waals surface area contributed by atoms with Gasteiger partial charge in [0.1, 0.15) is 5.82 Å². The number of halogens is 1. The first-order valence-corrected chi connectivity index (χ1v) is 7.43. The Kier molecular flexibility index (Phi) is 4.09. The Morgan fingerprint density at radius 3 is 2.76 bits per heavy atom. The molecule has 0 saturated carbocycles. The smallest absolute Gasteiger partial charge is 0.290 e. The van der Waals surface area contributed by atoms with Gasteiger partial charge in [0.25, 0.3) is 11.1 Å². The molecule has 0 aromatic carbocycles. The van der Waals surface area contributed by atoms with Crippen LogP contribution in [-0.2, 0) is 9.53 Å². The third kappa shape index (κ3) is 3.34. The third-order valence-electron chi connectivity index (χ3n) is 2.96. The average Bonchev–Trinajstić information content (AvgIpc) is 2.77. The topological polar surface area (TPSA) is 84.4 Å². The van der Waals surface area contributed by atoms with Crippen molar-refractivity contribution in [2.75, 3.05) is 31.2 Å². The first-order chi connectivity index (χ1) is 10.1. The summed E-state index contributed by atoms with van der Waals surface area (Å²) < 4.78 is 5.29. The summed E-state index contributed by atoms with van der Waals surface area (Å²) in [7, 11) is 0. The Hall–Kier alpha value is -1.64. The lowest BCUT2D eigenvalue weighted by molar-refractivity contribution is -0.115. The lowest BCUT2D eigenvalue weighted by Gasteiger charge is -2.27. The summed E-state index contributed by atoms with van der Waals surface area (Å²) in [6.07, 6.45) is 1.53. The fourth-order valence-corrected chi connectivity index (χ4v) is 2.86. The molecule has 0 radical (unpaired) electrons. The molecule has 0 aliphatic carbocycles. The Bertz CT molecular complexity index is 631. The number of carbonyl (C=O) groups excluding carboxylic acids is 2. The van der Waals surface area contributed by atoms with Crippen molar-refractivity contribution in [1.82, 2.24) is 15.3 Å². The van der Waals surface area contributed by atoms with Gasteiger partial charge in [-0.3, -0.25) is 14.9 Å². The molecule has 0 unspecified atom stereocenters. The van der Waals surface area contributed by atoms with Gasteiger partial charge in [-0.15, -0.1) is 0 Å². The van der Waals surface area contributed by atoms with Gasteiger partial charge in [0.15, 0.2) is 0 Å². The van der Waals surface area contributed by atoms with Crippen molar-refractivity contribution in [3.8, 4) is 0 Å². The fraction of sp³-hybridized carbons (Fsp3) is 0.333. The SMILES string of the molecule is O=C1NC(=O)C(=Cc2cc(N3CCOCC3)nc(Cl)n2)S1. The number of carbonyl (C=O) groups is 2. The van der Waals surface area contributed by atoms with E-state index in [0.29, 0.717) is 29.6 Å². The Morgan fingerprint density at radius 1 is 1.33 bits per heavy atom. The molecule has 2 amide bonds. The van der Waals surface area contributed by atoms with Crippen LogP contribution in [0.4, 0.5) is 10.6 Å². The number of ether oxygens (including phenoxy) is 1. The van der Waals surface area contributed by atoms with E-state index in [1.807, 2.05) is 4.90 Å². The Morgan fingerprint density at radius 2 is 2.10 bits per heavy atom. The minimum Gasteiger partial charge on any atom is -0.378 e. The van der Waals surface area contributed by atoms with Gasteiger partial charge in [0.05, 0.1) is 23.8 Å². The second-order valence-corrected chi connectivity index (χ2v) is 5.72. The van der Waals surface area contributed by atoms with Crippen molar-refractivity contribution in [2.45, 2.75) is 0 Å². The summed E-state index contributed by atoms with van der Waals surface area (Å²) in [6, 6.07) is 1.74. The van der Waals surface area contributed by atoms with Gasteiger partial charge < -0.3 is 9.64 Å². The second kappa shape index (κ2) is 6.00. The van der Waals surface area contributed by atoms with Gasteiger partial charge in [0.2, 0.25) is 5.28 Å². The number of thioether (sulfide) groups is 1. The highest BCUT2D eigenvalue weighted by Gasteiger charge is 2.25. The summed E-state index contributed by atoms with van der Waals surface area (Å²) in [5.74, 6) is 0.257. The van der Waals surface area contributed by atoms with Gasteiger partial charge in [-0.2, -0.15) is 0 Å². The van der Waals surface area contributed by atoms with Crippen LogP contribution in [-0.4, -0.2) is 47.4 Å². The van der Waals surface area contributed by atoms with Gasteiger partial charge in [0, 0.05) is 19.2 Å². The molecule has 0 bridgehead atoms. The summed E-state index contributed by atoms with van der Waals surface area (Å²) in [5.41, 5.74) is 0.490. The number of rotatable bonds is 2. The summed E-state index contributed by atoms with van der Waals surface area (Å²) in [5, 5.41) is 1.90. The molecule has 1 aromatic rings. The molecule has 9 heteroatoms. The van der Waals surface area contributed by atoms with E-state index < -0.39 is 5.91 Å².